The van der Waals surface area contributed by atoms with Gasteiger partial charge in [-0.3, -0.25) is 4.79 Å². The smallest absolute Gasteiger partial charge is 0.339 e. The van der Waals surface area contributed by atoms with Gasteiger partial charge in [-0.15, -0.1) is 0 Å². The molecule has 0 atom stereocenters. The van der Waals surface area contributed by atoms with Gasteiger partial charge in [0, 0.05) is 19.0 Å². The Morgan fingerprint density at radius 3 is 2.23 bits per heavy atom. The number of benzene rings is 2. The minimum absolute atomic E-state index is 0.193. The van der Waals surface area contributed by atoms with Crippen LogP contribution in [-0.2, 0) is 19.6 Å². The third-order valence-electron chi connectivity index (χ3n) is 5.11. The van der Waals surface area contributed by atoms with Crippen LogP contribution in [-0.4, -0.2) is 51.9 Å². The molecule has 0 aliphatic carbocycles. The zero-order valence-electron chi connectivity index (χ0n) is 16.8. The summed E-state index contributed by atoms with van der Waals surface area (Å²) in [6.45, 7) is 0.482. The van der Waals surface area contributed by atoms with E-state index in [4.69, 9.17) is 9.47 Å². The second-order valence-electron chi connectivity index (χ2n) is 6.88. The molecule has 30 heavy (non-hydrogen) atoms. The van der Waals surface area contributed by atoms with E-state index in [-0.39, 0.29) is 35.4 Å². The van der Waals surface area contributed by atoms with Crippen LogP contribution in [0.5, 0.6) is 5.75 Å². The van der Waals surface area contributed by atoms with Crippen molar-refractivity contribution in [1.82, 2.24) is 4.31 Å². The minimum Gasteiger partial charge on any atom is -0.497 e. The van der Waals surface area contributed by atoms with E-state index < -0.39 is 16.0 Å². The fourth-order valence-electron chi connectivity index (χ4n) is 3.37. The van der Waals surface area contributed by atoms with Crippen LogP contribution in [0.25, 0.3) is 0 Å². The van der Waals surface area contributed by atoms with Gasteiger partial charge >= 0.3 is 5.97 Å². The van der Waals surface area contributed by atoms with Gasteiger partial charge in [-0.1, -0.05) is 12.1 Å². The molecule has 0 radical (unpaired) electrons. The average Bonchev–Trinajstić information content (AvgIpc) is 2.79. The Kier molecular flexibility index (Phi) is 6.73. The van der Waals surface area contributed by atoms with Crippen LogP contribution in [0.1, 0.15) is 23.2 Å². The number of anilines is 1. The average molecular weight is 432 g/mol. The van der Waals surface area contributed by atoms with Crippen molar-refractivity contribution in [3.05, 3.63) is 54.1 Å². The Balaban J connectivity index is 1.64. The first-order valence-electron chi connectivity index (χ1n) is 9.49. The lowest BCUT2D eigenvalue weighted by atomic mass is 9.97. The van der Waals surface area contributed by atoms with Crippen LogP contribution in [0.2, 0.25) is 0 Å². The summed E-state index contributed by atoms with van der Waals surface area (Å²) >= 11 is 0. The second-order valence-corrected chi connectivity index (χ2v) is 8.82. The number of nitrogens with zero attached hydrogens (tertiary/aromatic N) is 1. The van der Waals surface area contributed by atoms with Crippen molar-refractivity contribution >= 4 is 27.6 Å². The summed E-state index contributed by atoms with van der Waals surface area (Å²) in [5.41, 5.74) is 0.649. The maximum absolute atomic E-state index is 12.8. The van der Waals surface area contributed by atoms with E-state index in [9.17, 15) is 18.0 Å². The zero-order valence-corrected chi connectivity index (χ0v) is 17.6. The SMILES string of the molecule is COC(=O)c1ccccc1NC(=O)C1CCN(S(=O)(=O)c2ccc(OC)cc2)CC1. The summed E-state index contributed by atoms with van der Waals surface area (Å²) in [6, 6.07) is 12.8. The third-order valence-corrected chi connectivity index (χ3v) is 7.03. The summed E-state index contributed by atoms with van der Waals surface area (Å²) in [7, 11) is -0.837. The molecule has 1 aliphatic heterocycles. The van der Waals surface area contributed by atoms with Gasteiger partial charge in [-0.2, -0.15) is 4.31 Å². The van der Waals surface area contributed by atoms with Gasteiger partial charge in [-0.05, 0) is 49.2 Å². The van der Waals surface area contributed by atoms with Crippen LogP contribution in [0.3, 0.4) is 0 Å². The van der Waals surface area contributed by atoms with Gasteiger partial charge < -0.3 is 14.8 Å². The summed E-state index contributed by atoms with van der Waals surface area (Å²) < 4.78 is 36.9. The maximum Gasteiger partial charge on any atom is 0.339 e. The van der Waals surface area contributed by atoms with Crippen LogP contribution >= 0.6 is 0 Å². The molecule has 3 rings (SSSR count). The van der Waals surface area contributed by atoms with Crippen molar-refractivity contribution in [2.24, 2.45) is 5.92 Å². The molecule has 0 spiro atoms. The fourth-order valence-corrected chi connectivity index (χ4v) is 4.84. The number of sulfonamides is 1. The Morgan fingerprint density at radius 1 is 1.00 bits per heavy atom. The molecular weight excluding hydrogens is 408 g/mol. The van der Waals surface area contributed by atoms with Gasteiger partial charge in [0.15, 0.2) is 0 Å². The lowest BCUT2D eigenvalue weighted by Gasteiger charge is -2.30. The molecule has 0 saturated carbocycles. The second kappa shape index (κ2) is 9.27. The quantitative estimate of drug-likeness (QED) is 0.704. The summed E-state index contributed by atoms with van der Waals surface area (Å²) in [5, 5.41) is 2.77. The molecule has 0 aromatic heterocycles. The van der Waals surface area contributed by atoms with Crippen molar-refractivity contribution in [1.29, 1.82) is 0 Å². The fraction of sp³-hybridized carbons (Fsp3) is 0.333. The van der Waals surface area contributed by atoms with Crippen LogP contribution in [0.4, 0.5) is 5.69 Å². The lowest BCUT2D eigenvalue weighted by molar-refractivity contribution is -0.120. The standard InChI is InChI=1S/C21H24N2O6S/c1-28-16-7-9-17(10-8-16)30(26,27)23-13-11-15(12-14-23)20(24)22-19-6-4-3-5-18(19)21(25)29-2/h3-10,15H,11-14H2,1-2H3,(H,22,24). The van der Waals surface area contributed by atoms with Crippen LogP contribution in [0, 0.1) is 5.92 Å². The van der Waals surface area contributed by atoms with Crippen molar-refractivity contribution in [3.63, 3.8) is 0 Å². The first-order valence-corrected chi connectivity index (χ1v) is 10.9. The number of piperidine rings is 1. The number of ether oxygens (including phenoxy) is 2. The molecule has 1 fully saturated rings. The van der Waals surface area contributed by atoms with E-state index in [1.807, 2.05) is 0 Å². The molecule has 1 aliphatic rings. The largest absolute Gasteiger partial charge is 0.497 e. The molecular formula is C21H24N2O6S. The van der Waals surface area contributed by atoms with Gasteiger partial charge in [0.2, 0.25) is 15.9 Å². The monoisotopic (exact) mass is 432 g/mol. The highest BCUT2D eigenvalue weighted by Crippen LogP contribution is 2.26. The van der Waals surface area contributed by atoms with E-state index in [1.165, 1.54) is 30.7 Å². The number of nitrogens with one attached hydrogen (secondary N) is 1. The predicted octanol–water partition coefficient (Wildman–Crippen LogP) is 2.52. The Morgan fingerprint density at radius 2 is 1.63 bits per heavy atom. The topological polar surface area (TPSA) is 102 Å². The number of carbonyl (C=O) groups is 2. The zero-order chi connectivity index (χ0) is 21.7. The number of para-hydroxylation sites is 1. The summed E-state index contributed by atoms with van der Waals surface area (Å²) in [5.74, 6) is -0.547. The van der Waals surface area contributed by atoms with Crippen LogP contribution < -0.4 is 10.1 Å². The highest BCUT2D eigenvalue weighted by molar-refractivity contribution is 7.89. The predicted molar refractivity (Wildman–Crippen MR) is 111 cm³/mol. The number of amides is 1. The summed E-state index contributed by atoms with van der Waals surface area (Å²) in [4.78, 5) is 24.7. The first kappa shape index (κ1) is 21.8. The minimum atomic E-state index is -3.63. The van der Waals surface area contributed by atoms with Crippen molar-refractivity contribution in [2.75, 3.05) is 32.6 Å². The number of carbonyl (C=O) groups excluding carboxylic acids is 2. The highest BCUT2D eigenvalue weighted by Gasteiger charge is 2.32. The number of esters is 1. The van der Waals surface area contributed by atoms with Gasteiger partial charge in [0.05, 0.1) is 30.4 Å². The molecule has 160 valence electrons. The molecule has 1 amide bonds. The van der Waals surface area contributed by atoms with Crippen molar-refractivity contribution < 1.29 is 27.5 Å². The Hall–Kier alpha value is -2.91. The normalized spacial score (nSPS) is 15.4. The lowest BCUT2D eigenvalue weighted by Crippen LogP contribution is -2.41. The molecule has 9 heteroatoms. The van der Waals surface area contributed by atoms with E-state index in [0.717, 1.165) is 0 Å². The van der Waals surface area contributed by atoms with E-state index in [0.29, 0.717) is 24.3 Å². The molecule has 2 aromatic carbocycles. The van der Waals surface area contributed by atoms with Crippen molar-refractivity contribution in [2.45, 2.75) is 17.7 Å². The van der Waals surface area contributed by atoms with E-state index in [2.05, 4.69) is 5.32 Å². The van der Waals surface area contributed by atoms with Crippen molar-refractivity contribution in [3.8, 4) is 5.75 Å². The highest BCUT2D eigenvalue weighted by atomic mass is 32.2. The van der Waals surface area contributed by atoms with Gasteiger partial charge in [-0.25, -0.2) is 13.2 Å². The number of hydrogen-bond donors (Lipinski definition) is 1. The van der Waals surface area contributed by atoms with E-state index >= 15 is 0 Å². The molecule has 0 unspecified atom stereocenters. The molecule has 0 bridgehead atoms. The number of hydrogen-bond acceptors (Lipinski definition) is 6. The van der Waals surface area contributed by atoms with E-state index in [1.54, 1.807) is 36.4 Å². The molecule has 1 saturated heterocycles. The van der Waals surface area contributed by atoms with Crippen LogP contribution in [0.15, 0.2) is 53.4 Å². The number of rotatable bonds is 6. The summed E-state index contributed by atoms with van der Waals surface area (Å²) in [6.07, 6.45) is 0.781. The van der Waals surface area contributed by atoms with Gasteiger partial charge in [0.25, 0.3) is 0 Å². The maximum atomic E-state index is 12.8. The number of methoxy groups -OCH3 is 2. The molecule has 8 nitrogen and oxygen atoms in total. The Bertz CT molecular complexity index is 1010. The van der Waals surface area contributed by atoms with Gasteiger partial charge in [0.1, 0.15) is 5.75 Å². The molecule has 1 N–H and O–H groups in total. The molecule has 1 heterocycles. The third kappa shape index (κ3) is 4.63. The Labute approximate surface area is 175 Å². The first-order chi connectivity index (χ1) is 14.4. The molecule has 2 aromatic rings.